The van der Waals surface area contributed by atoms with Gasteiger partial charge in [0.15, 0.2) is 11.9 Å². The van der Waals surface area contributed by atoms with Crippen LogP contribution < -0.4 is 0 Å². The van der Waals surface area contributed by atoms with Crippen molar-refractivity contribution in [2.45, 2.75) is 84.7 Å². The van der Waals surface area contributed by atoms with Gasteiger partial charge in [0.2, 0.25) is 6.43 Å². The van der Waals surface area contributed by atoms with Gasteiger partial charge < -0.3 is 4.74 Å². The largest absolute Gasteiger partial charge is 0.454 e. The monoisotopic (exact) mass is 394 g/mol. The molecule has 156 valence electrons. The second-order valence-electron chi connectivity index (χ2n) is 9.84. The molecule has 1 unspecified atom stereocenters. The number of carbonyl (C=O) groups is 2. The molecule has 3 saturated carbocycles. The summed E-state index contributed by atoms with van der Waals surface area (Å²) in [5, 5.41) is 0. The molecule has 0 heterocycles. The van der Waals surface area contributed by atoms with E-state index in [1.807, 2.05) is 0 Å². The highest BCUT2D eigenvalue weighted by atomic mass is 19.3. The van der Waals surface area contributed by atoms with Crippen LogP contribution in [0.3, 0.4) is 0 Å². The van der Waals surface area contributed by atoms with Crippen molar-refractivity contribution in [1.29, 1.82) is 0 Å². The lowest BCUT2D eigenvalue weighted by Gasteiger charge is -2.59. The predicted octanol–water partition coefficient (Wildman–Crippen LogP) is 5.33. The summed E-state index contributed by atoms with van der Waals surface area (Å²) in [6.45, 7) is 5.57. The van der Waals surface area contributed by atoms with Gasteiger partial charge in [-0.15, -0.1) is 0 Å². The van der Waals surface area contributed by atoms with E-state index in [0.717, 1.165) is 44.1 Å². The maximum absolute atomic E-state index is 14.4. The number of allylic oxidation sites excluding steroid dienone is 1. The lowest BCUT2D eigenvalue weighted by Crippen LogP contribution is -2.55. The van der Waals surface area contributed by atoms with Gasteiger partial charge in [-0.1, -0.05) is 25.8 Å². The second-order valence-corrected chi connectivity index (χ2v) is 9.84. The zero-order valence-electron chi connectivity index (χ0n) is 17.2. The summed E-state index contributed by atoms with van der Waals surface area (Å²) >= 11 is 0. The number of fused-ring (bicyclic) bond motifs is 5. The quantitative estimate of drug-likeness (QED) is 0.608. The fourth-order valence-corrected chi connectivity index (χ4v) is 7.77. The molecular formula is C23H32F2O3. The minimum Gasteiger partial charge on any atom is -0.454 e. The molecule has 7 atom stereocenters. The van der Waals surface area contributed by atoms with Crippen LogP contribution in [0.15, 0.2) is 11.6 Å². The van der Waals surface area contributed by atoms with Gasteiger partial charge in [0.05, 0.1) is 0 Å². The average molecular weight is 395 g/mol. The standard InChI is InChI=1S/C23H32F2O3/c1-4-14-6-8-18-16-7-5-15-11-19(27)20(28-13(2)26)12-22(15,3)17(16)9-10-23(14,18)21(24)25/h11,14,16-18,20-21H,4-10,12H2,1-3H3/t14-,16+,17-,18-,20?,22-,23-/m0/s1. The highest BCUT2D eigenvalue weighted by molar-refractivity contribution is 5.96. The van der Waals surface area contributed by atoms with Crippen molar-refractivity contribution in [2.75, 3.05) is 0 Å². The van der Waals surface area contributed by atoms with Crippen LogP contribution in [0.1, 0.15) is 72.1 Å². The first-order valence-corrected chi connectivity index (χ1v) is 10.9. The Hall–Kier alpha value is -1.26. The summed E-state index contributed by atoms with van der Waals surface area (Å²) < 4.78 is 34.2. The molecule has 0 radical (unpaired) electrons. The number of esters is 1. The normalized spacial score (nSPS) is 45.1. The molecule has 5 heteroatoms. The van der Waals surface area contributed by atoms with Crippen molar-refractivity contribution in [1.82, 2.24) is 0 Å². The van der Waals surface area contributed by atoms with Crippen molar-refractivity contribution in [2.24, 2.45) is 34.5 Å². The topological polar surface area (TPSA) is 43.4 Å². The van der Waals surface area contributed by atoms with Gasteiger partial charge in [0.25, 0.3) is 0 Å². The smallest absolute Gasteiger partial charge is 0.303 e. The summed E-state index contributed by atoms with van der Waals surface area (Å²) in [4.78, 5) is 23.9. The number of hydrogen-bond donors (Lipinski definition) is 0. The lowest BCUT2D eigenvalue weighted by atomic mass is 9.46. The third-order valence-electron chi connectivity index (χ3n) is 8.95. The van der Waals surface area contributed by atoms with Crippen LogP contribution in [0, 0.1) is 34.5 Å². The van der Waals surface area contributed by atoms with Crippen LogP contribution in [0.25, 0.3) is 0 Å². The molecule has 0 aromatic rings. The molecule has 28 heavy (non-hydrogen) atoms. The van der Waals surface area contributed by atoms with E-state index in [4.69, 9.17) is 4.74 Å². The molecule has 0 saturated heterocycles. The van der Waals surface area contributed by atoms with Crippen LogP contribution in [-0.2, 0) is 14.3 Å². The number of hydrogen-bond acceptors (Lipinski definition) is 3. The second kappa shape index (κ2) is 6.91. The fraction of sp³-hybridized carbons (Fsp3) is 0.826. The van der Waals surface area contributed by atoms with Crippen molar-refractivity contribution in [3.63, 3.8) is 0 Å². The Bertz CT molecular complexity index is 702. The number of ketones is 1. The average Bonchev–Trinajstić information content (AvgIpc) is 3.02. The molecule has 3 nitrogen and oxygen atoms in total. The van der Waals surface area contributed by atoms with Crippen LogP contribution in [-0.4, -0.2) is 24.3 Å². The van der Waals surface area contributed by atoms with Crippen molar-refractivity contribution < 1.29 is 23.1 Å². The van der Waals surface area contributed by atoms with E-state index in [1.54, 1.807) is 6.08 Å². The molecule has 0 aromatic heterocycles. The highest BCUT2D eigenvalue weighted by Gasteiger charge is 2.64. The Morgan fingerprint density at radius 2 is 2.00 bits per heavy atom. The third kappa shape index (κ3) is 2.71. The van der Waals surface area contributed by atoms with E-state index < -0.39 is 23.9 Å². The lowest BCUT2D eigenvalue weighted by molar-refractivity contribution is -0.160. The maximum atomic E-state index is 14.4. The molecular weight excluding hydrogens is 362 g/mol. The minimum absolute atomic E-state index is 0.0828. The minimum atomic E-state index is -2.25. The van der Waals surface area contributed by atoms with Gasteiger partial charge in [-0.2, -0.15) is 0 Å². The first kappa shape index (κ1) is 20.0. The van der Waals surface area contributed by atoms with Crippen LogP contribution in [0.2, 0.25) is 0 Å². The molecule has 4 aliphatic rings. The van der Waals surface area contributed by atoms with E-state index in [-0.39, 0.29) is 29.0 Å². The Kier molecular flexibility index (Phi) is 4.95. The van der Waals surface area contributed by atoms with Crippen LogP contribution >= 0.6 is 0 Å². The summed E-state index contributed by atoms with van der Waals surface area (Å²) in [7, 11) is 0. The van der Waals surface area contributed by atoms with E-state index in [9.17, 15) is 18.4 Å². The van der Waals surface area contributed by atoms with Crippen molar-refractivity contribution in [3.05, 3.63) is 11.6 Å². The summed E-state index contributed by atoms with van der Waals surface area (Å²) in [6.07, 6.45) is 4.99. The Balaban J connectivity index is 1.67. The number of halogens is 2. The predicted molar refractivity (Wildman–Crippen MR) is 102 cm³/mol. The van der Waals surface area contributed by atoms with Gasteiger partial charge in [-0.05, 0) is 73.7 Å². The molecule has 4 rings (SSSR count). The zero-order valence-corrected chi connectivity index (χ0v) is 17.2. The van der Waals surface area contributed by atoms with E-state index >= 15 is 0 Å². The van der Waals surface area contributed by atoms with Gasteiger partial charge in [0, 0.05) is 18.8 Å². The molecule has 3 fully saturated rings. The third-order valence-corrected chi connectivity index (χ3v) is 8.95. The molecule has 0 aromatic carbocycles. The maximum Gasteiger partial charge on any atom is 0.303 e. The van der Waals surface area contributed by atoms with Crippen molar-refractivity contribution in [3.8, 4) is 0 Å². The van der Waals surface area contributed by atoms with Crippen molar-refractivity contribution >= 4 is 11.8 Å². The SMILES string of the molecule is CC[C@H]1CC[C@H]2[C@@H]3CCC4=CC(=O)C(OC(C)=O)C[C@]4(C)[C@H]3CC[C@]12C(F)F. The van der Waals surface area contributed by atoms with E-state index in [1.165, 1.54) is 6.92 Å². The van der Waals surface area contributed by atoms with Crippen LogP contribution in [0.5, 0.6) is 0 Å². The van der Waals surface area contributed by atoms with Crippen LogP contribution in [0.4, 0.5) is 8.78 Å². The zero-order chi connectivity index (χ0) is 20.3. The molecule has 0 amide bonds. The molecule has 0 aliphatic heterocycles. The molecule has 0 bridgehead atoms. The van der Waals surface area contributed by atoms with Gasteiger partial charge in [-0.25, -0.2) is 8.78 Å². The molecule has 4 aliphatic carbocycles. The summed E-state index contributed by atoms with van der Waals surface area (Å²) in [5.41, 5.74) is 0.111. The van der Waals surface area contributed by atoms with Gasteiger partial charge in [-0.3, -0.25) is 9.59 Å². The number of carbonyl (C=O) groups excluding carboxylic acids is 2. The first-order chi connectivity index (χ1) is 13.2. The Morgan fingerprint density at radius 1 is 1.25 bits per heavy atom. The summed E-state index contributed by atoms with van der Waals surface area (Å²) in [6, 6.07) is 0. The number of ether oxygens (including phenoxy) is 1. The molecule has 0 spiro atoms. The first-order valence-electron chi connectivity index (χ1n) is 10.9. The van der Waals surface area contributed by atoms with Gasteiger partial charge >= 0.3 is 5.97 Å². The van der Waals surface area contributed by atoms with E-state index in [0.29, 0.717) is 18.8 Å². The number of alkyl halides is 2. The van der Waals surface area contributed by atoms with E-state index in [2.05, 4.69) is 13.8 Å². The van der Waals surface area contributed by atoms with Gasteiger partial charge in [0.1, 0.15) is 0 Å². The fourth-order valence-electron chi connectivity index (χ4n) is 7.77. The highest BCUT2D eigenvalue weighted by Crippen LogP contribution is 2.68. The number of rotatable bonds is 3. The molecule has 0 N–H and O–H groups in total. The Morgan fingerprint density at radius 3 is 2.64 bits per heavy atom. The summed E-state index contributed by atoms with van der Waals surface area (Å²) in [5.74, 6) is 0.238. The Labute approximate surface area is 166 Å².